The highest BCUT2D eigenvalue weighted by atomic mass is 35.5. The van der Waals surface area contributed by atoms with Crippen molar-refractivity contribution < 1.29 is 4.79 Å². The zero-order valence-corrected chi connectivity index (χ0v) is 13.4. The maximum atomic E-state index is 12.6. The molecule has 0 heterocycles. The van der Waals surface area contributed by atoms with E-state index < -0.39 is 0 Å². The summed E-state index contributed by atoms with van der Waals surface area (Å²) in [5, 5.41) is 0. The Morgan fingerprint density at radius 2 is 1.90 bits per heavy atom. The number of nitrogens with two attached hydrogens (primary N) is 1. The maximum absolute atomic E-state index is 12.6. The number of aryl methyl sites for hydroxylation is 1. The quantitative estimate of drug-likeness (QED) is 0.912. The van der Waals surface area contributed by atoms with Gasteiger partial charge in [-0.05, 0) is 49.7 Å². The Morgan fingerprint density at radius 3 is 2.57 bits per heavy atom. The van der Waals surface area contributed by atoms with Gasteiger partial charge in [0, 0.05) is 25.0 Å². The molecule has 1 aromatic carbocycles. The fourth-order valence-corrected chi connectivity index (χ4v) is 3.72. The fraction of sp³-hybridized carbons (Fsp3) is 0.588. The molecule has 0 spiro atoms. The van der Waals surface area contributed by atoms with Crippen LogP contribution in [0.25, 0.3) is 0 Å². The molecular formula is C17H25ClN2O. The first-order valence-electron chi connectivity index (χ1n) is 7.74. The van der Waals surface area contributed by atoms with Crippen molar-refractivity contribution in [3.05, 3.63) is 35.4 Å². The van der Waals surface area contributed by atoms with Crippen LogP contribution in [-0.4, -0.2) is 29.9 Å². The van der Waals surface area contributed by atoms with Crippen LogP contribution in [0.3, 0.4) is 0 Å². The van der Waals surface area contributed by atoms with Crippen molar-refractivity contribution in [2.45, 2.75) is 50.6 Å². The van der Waals surface area contributed by atoms with Gasteiger partial charge in [0.1, 0.15) is 0 Å². The molecule has 4 heteroatoms. The van der Waals surface area contributed by atoms with Gasteiger partial charge < -0.3 is 10.6 Å². The third kappa shape index (κ3) is 3.41. The maximum Gasteiger partial charge on any atom is 0.225 e. The van der Waals surface area contributed by atoms with Gasteiger partial charge in [-0.25, -0.2) is 0 Å². The van der Waals surface area contributed by atoms with Crippen LogP contribution in [0.15, 0.2) is 24.3 Å². The van der Waals surface area contributed by atoms with Crippen molar-refractivity contribution in [2.75, 3.05) is 7.05 Å². The van der Waals surface area contributed by atoms with Crippen LogP contribution in [0.1, 0.15) is 36.8 Å². The summed E-state index contributed by atoms with van der Waals surface area (Å²) in [6.07, 6.45) is 6.00. The minimum atomic E-state index is 0. The number of carbonyl (C=O) groups is 1. The van der Waals surface area contributed by atoms with Crippen molar-refractivity contribution in [1.29, 1.82) is 0 Å². The van der Waals surface area contributed by atoms with Gasteiger partial charge >= 0.3 is 0 Å². The lowest BCUT2D eigenvalue weighted by molar-refractivity contribution is -0.136. The van der Waals surface area contributed by atoms with Crippen LogP contribution < -0.4 is 5.73 Å². The predicted molar refractivity (Wildman–Crippen MR) is 87.6 cm³/mol. The molecule has 2 aliphatic carbocycles. The standard InChI is InChI=1S/C17H24N2O.ClH/c1-19(17(20)14-6-8-15(18)10-14)16-9-7-12-4-2-3-5-13(12)11-16;/h2-5,14-16H,6-11,18H2,1H3;1H. The van der Waals surface area contributed by atoms with E-state index in [0.717, 1.165) is 38.5 Å². The highest BCUT2D eigenvalue weighted by Crippen LogP contribution is 2.29. The van der Waals surface area contributed by atoms with Crippen LogP contribution in [0.2, 0.25) is 0 Å². The lowest BCUT2D eigenvalue weighted by atomic mass is 9.87. The lowest BCUT2D eigenvalue weighted by Crippen LogP contribution is -2.43. The van der Waals surface area contributed by atoms with E-state index in [4.69, 9.17) is 5.73 Å². The summed E-state index contributed by atoms with van der Waals surface area (Å²) in [5.41, 5.74) is 8.79. The summed E-state index contributed by atoms with van der Waals surface area (Å²) in [6.45, 7) is 0. The molecule has 0 radical (unpaired) electrons. The van der Waals surface area contributed by atoms with Gasteiger partial charge in [0.2, 0.25) is 5.91 Å². The van der Waals surface area contributed by atoms with Gasteiger partial charge in [-0.2, -0.15) is 0 Å². The molecule has 1 aromatic rings. The lowest BCUT2D eigenvalue weighted by Gasteiger charge is -2.34. The molecule has 116 valence electrons. The number of halogens is 1. The van der Waals surface area contributed by atoms with Crippen LogP contribution in [0, 0.1) is 5.92 Å². The smallest absolute Gasteiger partial charge is 0.225 e. The number of benzene rings is 1. The molecule has 2 N–H and O–H groups in total. The third-order valence-electron chi connectivity index (χ3n) is 5.04. The van der Waals surface area contributed by atoms with Crippen LogP contribution in [0.4, 0.5) is 0 Å². The van der Waals surface area contributed by atoms with E-state index in [1.54, 1.807) is 0 Å². The van der Waals surface area contributed by atoms with Gasteiger partial charge in [0.05, 0.1) is 0 Å². The first-order valence-corrected chi connectivity index (χ1v) is 7.74. The summed E-state index contributed by atoms with van der Waals surface area (Å²) in [4.78, 5) is 14.6. The number of fused-ring (bicyclic) bond motifs is 1. The SMILES string of the molecule is CN(C(=O)C1CCC(N)C1)C1CCc2ccccc2C1.Cl. The summed E-state index contributed by atoms with van der Waals surface area (Å²) in [6, 6.07) is 9.19. The second-order valence-corrected chi connectivity index (χ2v) is 6.38. The molecule has 0 aromatic heterocycles. The molecular weight excluding hydrogens is 284 g/mol. The molecule has 0 bridgehead atoms. The number of rotatable bonds is 2. The average Bonchev–Trinajstić information content (AvgIpc) is 2.92. The minimum absolute atomic E-state index is 0. The van der Waals surface area contributed by atoms with E-state index in [-0.39, 0.29) is 24.4 Å². The topological polar surface area (TPSA) is 46.3 Å². The van der Waals surface area contributed by atoms with E-state index in [2.05, 4.69) is 24.3 Å². The number of hydrogen-bond acceptors (Lipinski definition) is 2. The fourth-order valence-electron chi connectivity index (χ4n) is 3.72. The van der Waals surface area contributed by atoms with Gasteiger partial charge in [-0.1, -0.05) is 24.3 Å². The molecule has 3 unspecified atom stereocenters. The molecule has 1 amide bonds. The first-order chi connectivity index (χ1) is 9.65. The normalized spacial score (nSPS) is 27.6. The van der Waals surface area contributed by atoms with E-state index in [0.29, 0.717) is 11.9 Å². The molecule has 3 nitrogen and oxygen atoms in total. The van der Waals surface area contributed by atoms with Crippen LogP contribution in [-0.2, 0) is 17.6 Å². The largest absolute Gasteiger partial charge is 0.342 e. The highest BCUT2D eigenvalue weighted by Gasteiger charge is 2.33. The average molecular weight is 309 g/mol. The Bertz CT molecular complexity index is 505. The van der Waals surface area contributed by atoms with E-state index in [9.17, 15) is 4.79 Å². The second kappa shape index (κ2) is 6.80. The molecule has 1 fully saturated rings. The Balaban J connectivity index is 0.00000161. The molecule has 3 rings (SSSR count). The molecule has 3 atom stereocenters. The van der Waals surface area contributed by atoms with Gasteiger partial charge in [0.25, 0.3) is 0 Å². The molecule has 21 heavy (non-hydrogen) atoms. The molecule has 2 aliphatic rings. The number of hydrogen-bond donors (Lipinski definition) is 1. The predicted octanol–water partition coefficient (Wildman–Crippen LogP) is 2.55. The number of carbonyl (C=O) groups excluding carboxylic acids is 1. The van der Waals surface area contributed by atoms with Gasteiger partial charge in [0.15, 0.2) is 0 Å². The Morgan fingerprint density at radius 1 is 1.19 bits per heavy atom. The van der Waals surface area contributed by atoms with Gasteiger partial charge in [-0.15, -0.1) is 12.4 Å². The van der Waals surface area contributed by atoms with Crippen molar-refractivity contribution in [1.82, 2.24) is 4.90 Å². The van der Waals surface area contributed by atoms with E-state index in [1.807, 2.05) is 11.9 Å². The molecule has 0 aliphatic heterocycles. The van der Waals surface area contributed by atoms with E-state index >= 15 is 0 Å². The number of amides is 1. The Labute approximate surface area is 133 Å². The third-order valence-corrected chi connectivity index (χ3v) is 5.04. The molecule has 1 saturated carbocycles. The zero-order chi connectivity index (χ0) is 14.1. The highest BCUT2D eigenvalue weighted by molar-refractivity contribution is 5.85. The summed E-state index contributed by atoms with van der Waals surface area (Å²) >= 11 is 0. The van der Waals surface area contributed by atoms with Crippen molar-refractivity contribution in [3.63, 3.8) is 0 Å². The van der Waals surface area contributed by atoms with Gasteiger partial charge in [-0.3, -0.25) is 4.79 Å². The van der Waals surface area contributed by atoms with Crippen molar-refractivity contribution in [3.8, 4) is 0 Å². The Kier molecular flexibility index (Phi) is 5.28. The second-order valence-electron chi connectivity index (χ2n) is 6.38. The summed E-state index contributed by atoms with van der Waals surface area (Å²) in [7, 11) is 1.98. The van der Waals surface area contributed by atoms with Crippen molar-refractivity contribution in [2.24, 2.45) is 11.7 Å². The minimum Gasteiger partial charge on any atom is -0.342 e. The van der Waals surface area contributed by atoms with E-state index in [1.165, 1.54) is 11.1 Å². The van der Waals surface area contributed by atoms with Crippen LogP contribution >= 0.6 is 12.4 Å². The molecule has 0 saturated heterocycles. The number of likely N-dealkylation sites (N-methyl/N-ethyl adjacent to an activating group) is 1. The van der Waals surface area contributed by atoms with Crippen LogP contribution in [0.5, 0.6) is 0 Å². The Hall–Kier alpha value is -1.06. The summed E-state index contributed by atoms with van der Waals surface area (Å²) < 4.78 is 0. The summed E-state index contributed by atoms with van der Waals surface area (Å²) in [5.74, 6) is 0.467. The zero-order valence-electron chi connectivity index (χ0n) is 12.6. The van der Waals surface area contributed by atoms with Crippen molar-refractivity contribution >= 4 is 18.3 Å². The number of nitrogens with zero attached hydrogens (tertiary/aromatic N) is 1. The first kappa shape index (κ1) is 16.3. The monoisotopic (exact) mass is 308 g/mol.